The zero-order chi connectivity index (χ0) is 15.5. The molecule has 0 aliphatic carbocycles. The molecule has 0 fully saturated rings. The lowest BCUT2D eigenvalue weighted by molar-refractivity contribution is -0.147. The molecule has 0 amide bonds. The van der Waals surface area contributed by atoms with Crippen LogP contribution in [0.2, 0.25) is 0 Å². The second kappa shape index (κ2) is 5.80. The first-order valence-electron chi connectivity index (χ1n) is 6.77. The van der Waals surface area contributed by atoms with Crippen molar-refractivity contribution in [1.29, 1.82) is 5.26 Å². The van der Waals surface area contributed by atoms with Gasteiger partial charge in [0, 0.05) is 11.9 Å². The highest BCUT2D eigenvalue weighted by Gasteiger charge is 2.31. The van der Waals surface area contributed by atoms with Crippen molar-refractivity contribution in [1.82, 2.24) is 4.98 Å². The van der Waals surface area contributed by atoms with Gasteiger partial charge < -0.3 is 10.4 Å². The van der Waals surface area contributed by atoms with Crippen LogP contribution in [0.4, 0.5) is 5.82 Å². The number of carbonyl (C=O) groups is 1. The van der Waals surface area contributed by atoms with Crippen molar-refractivity contribution in [2.24, 2.45) is 5.41 Å². The molecule has 1 aromatic heterocycles. The molecule has 0 aliphatic rings. The van der Waals surface area contributed by atoms with Crippen LogP contribution >= 0.6 is 0 Å². The van der Waals surface area contributed by atoms with Crippen LogP contribution in [0, 0.1) is 16.7 Å². The molecule has 1 aromatic carbocycles. The Morgan fingerprint density at radius 3 is 2.81 bits per heavy atom. The van der Waals surface area contributed by atoms with Gasteiger partial charge in [0.15, 0.2) is 0 Å². The molecule has 0 bridgehead atoms. The molecule has 5 nitrogen and oxygen atoms in total. The number of para-hydroxylation sites is 1. The Bertz CT molecular complexity index is 721. The highest BCUT2D eigenvalue weighted by Crippen LogP contribution is 2.24. The van der Waals surface area contributed by atoms with Gasteiger partial charge in [-0.2, -0.15) is 5.26 Å². The van der Waals surface area contributed by atoms with Crippen LogP contribution in [0.15, 0.2) is 30.3 Å². The van der Waals surface area contributed by atoms with Crippen LogP contribution in [0.3, 0.4) is 0 Å². The zero-order valence-electron chi connectivity index (χ0n) is 12.1. The second-order valence-corrected chi connectivity index (χ2v) is 5.26. The zero-order valence-corrected chi connectivity index (χ0v) is 12.1. The molecule has 0 radical (unpaired) electrons. The molecule has 1 atom stereocenters. The fourth-order valence-electron chi connectivity index (χ4n) is 1.97. The minimum absolute atomic E-state index is 0.221. The Morgan fingerprint density at radius 2 is 2.19 bits per heavy atom. The number of benzene rings is 1. The fraction of sp³-hybridized carbons (Fsp3) is 0.312. The van der Waals surface area contributed by atoms with Crippen LogP contribution in [-0.4, -0.2) is 22.6 Å². The third-order valence-electron chi connectivity index (χ3n) is 3.79. The lowest BCUT2D eigenvalue weighted by Gasteiger charge is -2.23. The van der Waals surface area contributed by atoms with Gasteiger partial charge in [0.25, 0.3) is 0 Å². The first kappa shape index (κ1) is 14.8. The van der Waals surface area contributed by atoms with Gasteiger partial charge in [-0.3, -0.25) is 4.79 Å². The molecule has 108 valence electrons. The lowest BCUT2D eigenvalue weighted by atomic mass is 9.87. The van der Waals surface area contributed by atoms with Crippen molar-refractivity contribution >= 4 is 22.7 Å². The molecule has 2 N–H and O–H groups in total. The van der Waals surface area contributed by atoms with Gasteiger partial charge in [-0.15, -0.1) is 0 Å². The van der Waals surface area contributed by atoms with Crippen molar-refractivity contribution < 1.29 is 9.90 Å². The smallest absolute Gasteiger partial charge is 0.311 e. The van der Waals surface area contributed by atoms with E-state index in [-0.39, 0.29) is 6.54 Å². The van der Waals surface area contributed by atoms with Crippen LogP contribution in [0.1, 0.15) is 25.8 Å². The average molecular weight is 283 g/mol. The third-order valence-corrected chi connectivity index (χ3v) is 3.79. The number of hydrogen-bond donors (Lipinski definition) is 2. The van der Waals surface area contributed by atoms with Crippen LogP contribution < -0.4 is 5.32 Å². The summed E-state index contributed by atoms with van der Waals surface area (Å²) < 4.78 is 0. The van der Waals surface area contributed by atoms with Crippen molar-refractivity contribution in [3.63, 3.8) is 0 Å². The standard InChI is InChI=1S/C16H17N3O2/c1-3-16(2,15(20)21)10-18-14-12(9-17)8-11-6-4-5-7-13(11)19-14/h4-8H,3,10H2,1-2H3,(H,18,19)(H,20,21). The van der Waals surface area contributed by atoms with E-state index >= 15 is 0 Å². The molecule has 2 rings (SSSR count). The predicted molar refractivity (Wildman–Crippen MR) is 81.0 cm³/mol. The average Bonchev–Trinajstić information content (AvgIpc) is 2.51. The van der Waals surface area contributed by atoms with Gasteiger partial charge in [-0.1, -0.05) is 25.1 Å². The molecule has 0 spiro atoms. The molecule has 1 unspecified atom stereocenters. The summed E-state index contributed by atoms with van der Waals surface area (Å²) in [5.74, 6) is -0.436. The Hall–Kier alpha value is -2.61. The number of aromatic nitrogens is 1. The Kier molecular flexibility index (Phi) is 4.08. The molecule has 0 saturated heterocycles. The number of anilines is 1. The minimum Gasteiger partial charge on any atom is -0.481 e. The van der Waals surface area contributed by atoms with Crippen LogP contribution in [0.25, 0.3) is 10.9 Å². The van der Waals surface area contributed by atoms with E-state index in [4.69, 9.17) is 0 Å². The molecule has 0 saturated carbocycles. The van der Waals surface area contributed by atoms with E-state index in [1.54, 1.807) is 13.0 Å². The number of rotatable bonds is 5. The summed E-state index contributed by atoms with van der Waals surface area (Å²) in [6.07, 6.45) is 0.491. The molecular formula is C16H17N3O2. The number of nitrogens with zero attached hydrogens (tertiary/aromatic N) is 2. The van der Waals surface area contributed by atoms with Crippen LogP contribution in [-0.2, 0) is 4.79 Å². The number of nitrogens with one attached hydrogen (secondary N) is 1. The molecule has 2 aromatic rings. The van der Waals surface area contributed by atoms with Gasteiger partial charge >= 0.3 is 5.97 Å². The second-order valence-electron chi connectivity index (χ2n) is 5.26. The number of carboxylic acid groups (broad SMARTS) is 1. The number of nitriles is 1. The number of aliphatic carboxylic acids is 1. The third kappa shape index (κ3) is 2.95. The SMILES string of the molecule is CCC(C)(CNc1nc2ccccc2cc1C#N)C(=O)O. The Morgan fingerprint density at radius 1 is 1.48 bits per heavy atom. The molecule has 21 heavy (non-hydrogen) atoms. The van der Waals surface area contributed by atoms with E-state index in [0.29, 0.717) is 17.8 Å². The van der Waals surface area contributed by atoms with Gasteiger partial charge in [0.1, 0.15) is 11.9 Å². The van der Waals surface area contributed by atoms with Crippen LogP contribution in [0.5, 0.6) is 0 Å². The normalized spacial score (nSPS) is 13.4. The quantitative estimate of drug-likeness (QED) is 0.880. The molecule has 5 heteroatoms. The molecule has 1 heterocycles. The number of hydrogen-bond acceptors (Lipinski definition) is 4. The van der Waals surface area contributed by atoms with E-state index in [1.165, 1.54) is 0 Å². The largest absolute Gasteiger partial charge is 0.481 e. The van der Waals surface area contributed by atoms with Crippen molar-refractivity contribution in [3.05, 3.63) is 35.9 Å². The number of carboxylic acids is 1. The van der Waals surface area contributed by atoms with E-state index in [1.807, 2.05) is 31.2 Å². The van der Waals surface area contributed by atoms with Crippen molar-refractivity contribution in [3.8, 4) is 6.07 Å². The summed E-state index contributed by atoms with van der Waals surface area (Å²) in [5.41, 5.74) is 0.296. The summed E-state index contributed by atoms with van der Waals surface area (Å²) in [4.78, 5) is 15.7. The van der Waals surface area contributed by atoms with Gasteiger partial charge in [-0.25, -0.2) is 4.98 Å². The lowest BCUT2D eigenvalue weighted by Crippen LogP contribution is -2.34. The monoisotopic (exact) mass is 283 g/mol. The maximum atomic E-state index is 11.3. The Labute approximate surface area is 123 Å². The van der Waals surface area contributed by atoms with Gasteiger partial charge in [0.2, 0.25) is 0 Å². The highest BCUT2D eigenvalue weighted by molar-refractivity contribution is 5.83. The highest BCUT2D eigenvalue weighted by atomic mass is 16.4. The Balaban J connectivity index is 2.34. The first-order valence-corrected chi connectivity index (χ1v) is 6.77. The van der Waals surface area contributed by atoms with Gasteiger partial charge in [0.05, 0.1) is 16.5 Å². The maximum Gasteiger partial charge on any atom is 0.311 e. The van der Waals surface area contributed by atoms with E-state index in [9.17, 15) is 15.2 Å². The molecule has 0 aliphatic heterocycles. The van der Waals surface area contributed by atoms with E-state index < -0.39 is 11.4 Å². The maximum absolute atomic E-state index is 11.3. The topological polar surface area (TPSA) is 86.0 Å². The fourth-order valence-corrected chi connectivity index (χ4v) is 1.97. The number of fused-ring (bicyclic) bond motifs is 1. The van der Waals surface area contributed by atoms with E-state index in [0.717, 1.165) is 10.9 Å². The predicted octanol–water partition coefficient (Wildman–Crippen LogP) is 3.02. The van der Waals surface area contributed by atoms with Gasteiger partial charge in [-0.05, 0) is 25.5 Å². The summed E-state index contributed by atoms with van der Waals surface area (Å²) in [5, 5.41) is 22.4. The van der Waals surface area contributed by atoms with Crippen molar-refractivity contribution in [2.75, 3.05) is 11.9 Å². The number of pyridine rings is 1. The first-order chi connectivity index (χ1) is 10.00. The summed E-state index contributed by atoms with van der Waals surface area (Å²) in [6, 6.07) is 11.4. The minimum atomic E-state index is -0.889. The molecular weight excluding hydrogens is 266 g/mol. The van der Waals surface area contributed by atoms with Crippen molar-refractivity contribution in [2.45, 2.75) is 20.3 Å². The summed E-state index contributed by atoms with van der Waals surface area (Å²) >= 11 is 0. The van der Waals surface area contributed by atoms with E-state index in [2.05, 4.69) is 16.4 Å². The summed E-state index contributed by atoms with van der Waals surface area (Å²) in [7, 11) is 0. The summed E-state index contributed by atoms with van der Waals surface area (Å²) in [6.45, 7) is 3.73.